The molecule has 0 unspecified atom stereocenters. The SMILES string of the molecule is CCOc1ccc(NC(=O)c2cc(C)n(-c3ccccc3C)c2C)cc1S(=O)(=O)N(C)C. The summed E-state index contributed by atoms with van der Waals surface area (Å²) in [5.74, 6) is -0.0628. The van der Waals surface area contributed by atoms with Crippen LogP contribution in [-0.2, 0) is 10.0 Å². The van der Waals surface area contributed by atoms with Crippen LogP contribution in [0, 0.1) is 20.8 Å². The van der Waals surface area contributed by atoms with Crippen molar-refractivity contribution in [1.82, 2.24) is 8.87 Å². The highest BCUT2D eigenvalue weighted by Crippen LogP contribution is 2.30. The van der Waals surface area contributed by atoms with E-state index in [0.717, 1.165) is 26.9 Å². The van der Waals surface area contributed by atoms with Crippen LogP contribution in [0.2, 0.25) is 0 Å². The van der Waals surface area contributed by atoms with Crippen molar-refractivity contribution in [3.05, 3.63) is 71.0 Å². The summed E-state index contributed by atoms with van der Waals surface area (Å²) in [6.07, 6.45) is 0. The van der Waals surface area contributed by atoms with Crippen molar-refractivity contribution in [2.45, 2.75) is 32.6 Å². The number of hydrogen-bond acceptors (Lipinski definition) is 4. The number of sulfonamides is 1. The number of nitrogens with one attached hydrogen (secondary N) is 1. The fourth-order valence-corrected chi connectivity index (χ4v) is 4.69. The van der Waals surface area contributed by atoms with Gasteiger partial charge in [0.15, 0.2) is 0 Å². The molecule has 3 aromatic rings. The summed E-state index contributed by atoms with van der Waals surface area (Å²) in [6.45, 7) is 7.99. The van der Waals surface area contributed by atoms with E-state index in [0.29, 0.717) is 17.9 Å². The smallest absolute Gasteiger partial charge is 0.257 e. The Hall–Kier alpha value is -3.10. The van der Waals surface area contributed by atoms with Gasteiger partial charge >= 0.3 is 0 Å². The van der Waals surface area contributed by atoms with Gasteiger partial charge in [0.2, 0.25) is 10.0 Å². The maximum absolute atomic E-state index is 13.1. The molecule has 0 aliphatic carbocycles. The Morgan fingerprint density at radius 3 is 2.38 bits per heavy atom. The standard InChI is InChI=1S/C24H29N3O4S/c1-7-31-22-13-12-19(15-23(22)32(29,30)26(5)6)25-24(28)20-14-17(3)27(18(20)4)21-11-9-8-10-16(21)2/h8-15H,7H2,1-6H3,(H,25,28). The molecule has 0 radical (unpaired) electrons. The molecule has 0 aliphatic heterocycles. The van der Waals surface area contributed by atoms with Gasteiger partial charge in [0.1, 0.15) is 10.6 Å². The number of hydrogen-bond donors (Lipinski definition) is 1. The first-order valence-electron chi connectivity index (χ1n) is 10.3. The molecule has 0 spiro atoms. The number of ether oxygens (including phenoxy) is 1. The van der Waals surface area contributed by atoms with Crippen molar-refractivity contribution in [1.29, 1.82) is 0 Å². The fraction of sp³-hybridized carbons (Fsp3) is 0.292. The summed E-state index contributed by atoms with van der Waals surface area (Å²) >= 11 is 0. The van der Waals surface area contributed by atoms with E-state index in [-0.39, 0.29) is 16.6 Å². The number of amides is 1. The van der Waals surface area contributed by atoms with Crippen molar-refractivity contribution in [2.75, 3.05) is 26.0 Å². The molecule has 2 aromatic carbocycles. The Balaban J connectivity index is 1.98. The third-order valence-corrected chi connectivity index (χ3v) is 7.13. The molecule has 3 rings (SSSR count). The van der Waals surface area contributed by atoms with Gasteiger partial charge in [0.25, 0.3) is 5.91 Å². The number of benzene rings is 2. The fourth-order valence-electron chi connectivity index (χ4n) is 3.63. The average Bonchev–Trinajstić information content (AvgIpc) is 3.03. The third-order valence-electron chi connectivity index (χ3n) is 5.29. The molecular weight excluding hydrogens is 426 g/mol. The summed E-state index contributed by atoms with van der Waals surface area (Å²) in [5.41, 5.74) is 4.76. The van der Waals surface area contributed by atoms with Gasteiger partial charge in [0, 0.05) is 36.9 Å². The summed E-state index contributed by atoms with van der Waals surface area (Å²) < 4.78 is 34.2. The van der Waals surface area contributed by atoms with E-state index in [1.165, 1.54) is 20.2 Å². The minimum atomic E-state index is -3.75. The van der Waals surface area contributed by atoms with Crippen LogP contribution in [-0.4, -0.2) is 43.9 Å². The maximum Gasteiger partial charge on any atom is 0.257 e. The number of carbonyl (C=O) groups is 1. The average molecular weight is 456 g/mol. The van der Waals surface area contributed by atoms with Crippen molar-refractivity contribution in [2.24, 2.45) is 0 Å². The number of aromatic nitrogens is 1. The first kappa shape index (κ1) is 23.6. The number of carbonyl (C=O) groups excluding carboxylic acids is 1. The quantitative estimate of drug-likeness (QED) is 0.576. The number of nitrogens with zero attached hydrogens (tertiary/aromatic N) is 2. The molecular formula is C24H29N3O4S. The van der Waals surface area contributed by atoms with Crippen molar-refractivity contribution < 1.29 is 17.9 Å². The Bertz CT molecular complexity index is 1260. The van der Waals surface area contributed by atoms with Gasteiger partial charge in [-0.05, 0) is 63.6 Å². The van der Waals surface area contributed by atoms with Crippen LogP contribution < -0.4 is 10.1 Å². The molecule has 0 saturated carbocycles. The van der Waals surface area contributed by atoms with Gasteiger partial charge in [-0.3, -0.25) is 4.79 Å². The minimum absolute atomic E-state index is 0.00697. The topological polar surface area (TPSA) is 80.6 Å². The number of aryl methyl sites for hydroxylation is 2. The molecule has 1 amide bonds. The molecule has 1 heterocycles. The number of rotatable bonds is 7. The summed E-state index contributed by atoms with van der Waals surface area (Å²) in [5, 5.41) is 2.84. The number of anilines is 1. The predicted molar refractivity (Wildman–Crippen MR) is 126 cm³/mol. The molecule has 1 N–H and O–H groups in total. The van der Waals surface area contributed by atoms with Crippen LogP contribution in [0.4, 0.5) is 5.69 Å². The van der Waals surface area contributed by atoms with Crippen LogP contribution in [0.25, 0.3) is 5.69 Å². The van der Waals surface area contributed by atoms with E-state index in [9.17, 15) is 13.2 Å². The zero-order chi connectivity index (χ0) is 23.6. The van der Waals surface area contributed by atoms with Crippen LogP contribution in [0.15, 0.2) is 53.4 Å². The largest absolute Gasteiger partial charge is 0.492 e. The van der Waals surface area contributed by atoms with Gasteiger partial charge in [-0.25, -0.2) is 12.7 Å². The van der Waals surface area contributed by atoms with Crippen molar-refractivity contribution in [3.8, 4) is 11.4 Å². The zero-order valence-electron chi connectivity index (χ0n) is 19.3. The molecule has 7 nitrogen and oxygen atoms in total. The second-order valence-corrected chi connectivity index (χ2v) is 9.86. The molecule has 0 aliphatic rings. The summed E-state index contributed by atoms with van der Waals surface area (Å²) in [7, 11) is -0.841. The molecule has 1 aromatic heterocycles. The van der Waals surface area contributed by atoms with E-state index < -0.39 is 10.0 Å². The predicted octanol–water partition coefficient (Wildman–Crippen LogP) is 4.30. The van der Waals surface area contributed by atoms with Crippen molar-refractivity contribution >= 4 is 21.6 Å². The lowest BCUT2D eigenvalue weighted by Gasteiger charge is -2.17. The molecule has 0 bridgehead atoms. The first-order valence-corrected chi connectivity index (χ1v) is 11.8. The van der Waals surface area contributed by atoms with Crippen LogP contribution in [0.5, 0.6) is 5.75 Å². The number of para-hydroxylation sites is 1. The van der Waals surface area contributed by atoms with Gasteiger partial charge in [-0.1, -0.05) is 18.2 Å². The molecule has 8 heteroatoms. The van der Waals surface area contributed by atoms with E-state index in [4.69, 9.17) is 4.74 Å². The molecule has 0 saturated heterocycles. The Labute approximate surface area is 189 Å². The second kappa shape index (κ2) is 9.18. The van der Waals surface area contributed by atoms with E-state index in [1.54, 1.807) is 19.1 Å². The van der Waals surface area contributed by atoms with Crippen LogP contribution in [0.1, 0.15) is 34.2 Å². The highest BCUT2D eigenvalue weighted by molar-refractivity contribution is 7.89. The molecule has 170 valence electrons. The summed E-state index contributed by atoms with van der Waals surface area (Å²) in [6, 6.07) is 14.5. The molecule has 0 fully saturated rings. The van der Waals surface area contributed by atoms with Gasteiger partial charge in [-0.15, -0.1) is 0 Å². The normalized spacial score (nSPS) is 11.6. The lowest BCUT2D eigenvalue weighted by Crippen LogP contribution is -2.23. The van der Waals surface area contributed by atoms with Crippen LogP contribution in [0.3, 0.4) is 0 Å². The monoisotopic (exact) mass is 455 g/mol. The lowest BCUT2D eigenvalue weighted by molar-refractivity contribution is 0.102. The minimum Gasteiger partial charge on any atom is -0.492 e. The molecule has 32 heavy (non-hydrogen) atoms. The van der Waals surface area contributed by atoms with Crippen molar-refractivity contribution in [3.63, 3.8) is 0 Å². The third kappa shape index (κ3) is 4.42. The maximum atomic E-state index is 13.1. The van der Waals surface area contributed by atoms with E-state index in [1.807, 2.05) is 55.7 Å². The van der Waals surface area contributed by atoms with Crippen LogP contribution >= 0.6 is 0 Å². The highest BCUT2D eigenvalue weighted by Gasteiger charge is 2.24. The van der Waals surface area contributed by atoms with Gasteiger partial charge in [0.05, 0.1) is 12.2 Å². The highest BCUT2D eigenvalue weighted by atomic mass is 32.2. The van der Waals surface area contributed by atoms with E-state index in [2.05, 4.69) is 5.32 Å². The lowest BCUT2D eigenvalue weighted by atomic mass is 10.2. The summed E-state index contributed by atoms with van der Waals surface area (Å²) in [4.78, 5) is 13.1. The second-order valence-electron chi connectivity index (χ2n) is 7.74. The molecule has 0 atom stereocenters. The zero-order valence-corrected chi connectivity index (χ0v) is 20.1. The van der Waals surface area contributed by atoms with E-state index >= 15 is 0 Å². The Morgan fingerprint density at radius 1 is 1.06 bits per heavy atom. The Morgan fingerprint density at radius 2 is 1.75 bits per heavy atom. The Kier molecular flexibility index (Phi) is 6.76. The van der Waals surface area contributed by atoms with Gasteiger partial charge in [-0.2, -0.15) is 0 Å². The van der Waals surface area contributed by atoms with Gasteiger partial charge < -0.3 is 14.6 Å². The first-order chi connectivity index (χ1) is 15.1.